The molecule has 0 aromatic heterocycles. The number of aliphatic hydroxyl groups is 1. The summed E-state index contributed by atoms with van der Waals surface area (Å²) in [4.78, 5) is 14.0. The molecule has 0 bridgehead atoms. The minimum atomic E-state index is -0.951. The highest BCUT2D eigenvalue weighted by Crippen LogP contribution is 2.40. The van der Waals surface area contributed by atoms with Crippen molar-refractivity contribution in [3.05, 3.63) is 70.8 Å². The number of ether oxygens (including phenoxy) is 1. The van der Waals surface area contributed by atoms with Crippen molar-refractivity contribution in [3.63, 3.8) is 0 Å². The predicted octanol–water partition coefficient (Wildman–Crippen LogP) is 5.72. The molecule has 1 saturated carbocycles. The van der Waals surface area contributed by atoms with E-state index in [0.717, 1.165) is 67.9 Å². The average Bonchev–Trinajstić information content (AvgIpc) is 2.78. The van der Waals surface area contributed by atoms with E-state index < -0.39 is 12.1 Å². The Morgan fingerprint density at radius 1 is 1.18 bits per heavy atom. The van der Waals surface area contributed by atoms with E-state index >= 15 is 0 Å². The number of aromatic carboxylic acids is 1. The minimum Gasteiger partial charge on any atom is -0.487 e. The van der Waals surface area contributed by atoms with Gasteiger partial charge in [-0.05, 0) is 85.4 Å². The van der Waals surface area contributed by atoms with Gasteiger partial charge in [-0.1, -0.05) is 30.2 Å². The summed E-state index contributed by atoms with van der Waals surface area (Å²) in [6.07, 6.45) is 7.25. The summed E-state index contributed by atoms with van der Waals surface area (Å²) in [6.45, 7) is 5.73. The maximum Gasteiger partial charge on any atom is 0.335 e. The van der Waals surface area contributed by atoms with E-state index in [0.29, 0.717) is 18.3 Å². The van der Waals surface area contributed by atoms with Crippen LogP contribution in [-0.4, -0.2) is 35.4 Å². The third kappa shape index (κ3) is 5.53. The highest BCUT2D eigenvalue weighted by molar-refractivity contribution is 6.30. The zero-order valence-electron chi connectivity index (χ0n) is 18.9. The minimum absolute atomic E-state index is 0.201. The van der Waals surface area contributed by atoms with Crippen molar-refractivity contribution < 1.29 is 19.7 Å². The lowest BCUT2D eigenvalue weighted by Crippen LogP contribution is -2.43. The molecule has 5 nitrogen and oxygen atoms in total. The fourth-order valence-electron chi connectivity index (χ4n) is 4.98. The number of carboxylic acid groups (broad SMARTS) is 1. The monoisotopic (exact) mass is 469 g/mol. The second-order valence-electron chi connectivity index (χ2n) is 9.17. The molecule has 33 heavy (non-hydrogen) atoms. The van der Waals surface area contributed by atoms with E-state index in [-0.39, 0.29) is 11.5 Å². The molecule has 1 fully saturated rings. The van der Waals surface area contributed by atoms with Crippen molar-refractivity contribution in [1.82, 2.24) is 0 Å². The van der Waals surface area contributed by atoms with Gasteiger partial charge < -0.3 is 19.8 Å². The Bertz CT molecular complexity index is 1010. The van der Waals surface area contributed by atoms with Crippen molar-refractivity contribution in [3.8, 4) is 5.75 Å². The number of fused-ring (bicyclic) bond motifs is 2. The van der Waals surface area contributed by atoms with Gasteiger partial charge in [0.15, 0.2) is 0 Å². The van der Waals surface area contributed by atoms with Gasteiger partial charge in [0.2, 0.25) is 0 Å². The van der Waals surface area contributed by atoms with Crippen LogP contribution in [0.3, 0.4) is 0 Å². The summed E-state index contributed by atoms with van der Waals surface area (Å²) >= 11 is 6.23. The molecular formula is C27H32ClNO4. The molecule has 2 aromatic carbocycles. The molecule has 0 amide bonds. The number of halogens is 1. The lowest BCUT2D eigenvalue weighted by Gasteiger charge is -2.42. The summed E-state index contributed by atoms with van der Waals surface area (Å²) in [7, 11) is 0. The second-order valence-corrected chi connectivity index (χ2v) is 9.61. The van der Waals surface area contributed by atoms with Gasteiger partial charge in [-0.15, -0.1) is 6.58 Å². The molecule has 2 aromatic rings. The van der Waals surface area contributed by atoms with Crippen LogP contribution in [0.1, 0.15) is 53.6 Å². The molecule has 2 aliphatic rings. The number of carbonyl (C=O) groups is 1. The number of aliphatic hydroxyl groups excluding tert-OH is 1. The molecule has 4 rings (SSSR count). The van der Waals surface area contributed by atoms with Gasteiger partial charge in [0.05, 0.1) is 17.4 Å². The van der Waals surface area contributed by atoms with Crippen molar-refractivity contribution >= 4 is 23.3 Å². The largest absolute Gasteiger partial charge is 0.487 e. The highest BCUT2D eigenvalue weighted by atomic mass is 35.5. The van der Waals surface area contributed by atoms with Crippen LogP contribution in [0.15, 0.2) is 49.1 Å². The van der Waals surface area contributed by atoms with E-state index in [4.69, 9.17) is 16.3 Å². The Labute approximate surface area is 200 Å². The third-order valence-corrected chi connectivity index (χ3v) is 7.32. The lowest BCUT2D eigenvalue weighted by molar-refractivity contribution is 0.0465. The summed E-state index contributed by atoms with van der Waals surface area (Å²) < 4.78 is 6.28. The Balaban J connectivity index is 1.65. The SMILES string of the molecule is C=CC(O)C1CCC1CN1CCCCCc2cc(Cl)ccc2COc2ccc(C(=O)O)cc21. The molecule has 176 valence electrons. The summed E-state index contributed by atoms with van der Waals surface area (Å²) in [5.74, 6) is 0.275. The number of rotatable bonds is 5. The van der Waals surface area contributed by atoms with E-state index in [2.05, 4.69) is 11.5 Å². The fraction of sp³-hybridized carbons (Fsp3) is 0.444. The first-order valence-electron chi connectivity index (χ1n) is 11.8. The van der Waals surface area contributed by atoms with Crippen LogP contribution in [0.2, 0.25) is 5.02 Å². The number of nitrogens with zero attached hydrogens (tertiary/aromatic N) is 1. The van der Waals surface area contributed by atoms with Crippen LogP contribution in [-0.2, 0) is 13.0 Å². The van der Waals surface area contributed by atoms with E-state index in [9.17, 15) is 15.0 Å². The normalized spacial score (nSPS) is 21.8. The molecule has 6 heteroatoms. The molecule has 0 saturated heterocycles. The molecule has 0 spiro atoms. The van der Waals surface area contributed by atoms with Crippen molar-refractivity contribution in [2.45, 2.75) is 51.2 Å². The smallest absolute Gasteiger partial charge is 0.335 e. The molecule has 3 unspecified atom stereocenters. The Hall–Kier alpha value is -2.50. The quantitative estimate of drug-likeness (QED) is 0.548. The Morgan fingerprint density at radius 3 is 2.76 bits per heavy atom. The van der Waals surface area contributed by atoms with Crippen LogP contribution < -0.4 is 9.64 Å². The molecule has 1 aliphatic carbocycles. The predicted molar refractivity (Wildman–Crippen MR) is 131 cm³/mol. The number of benzene rings is 2. The molecule has 3 atom stereocenters. The summed E-state index contributed by atoms with van der Waals surface area (Å²) in [6, 6.07) is 11.0. The van der Waals surface area contributed by atoms with Crippen molar-refractivity contribution in [2.24, 2.45) is 11.8 Å². The first-order chi connectivity index (χ1) is 16.0. The van der Waals surface area contributed by atoms with Crippen molar-refractivity contribution in [2.75, 3.05) is 18.0 Å². The summed E-state index contributed by atoms with van der Waals surface area (Å²) in [5, 5.41) is 20.6. The number of hydrogen-bond donors (Lipinski definition) is 2. The number of carboxylic acids is 1. The standard InChI is InChI=1S/C27H32ClNO4/c1-2-25(30)23-11-8-20(23)16-29-13-5-3-4-6-18-14-22(28)10-7-21(18)17-33-26-12-9-19(27(31)32)15-24(26)29/h2,7,9-10,12,14-15,20,23,25,30H,1,3-6,8,11,13,16-17H2,(H,31,32). The van der Waals surface area contributed by atoms with Crippen molar-refractivity contribution in [1.29, 1.82) is 0 Å². The van der Waals surface area contributed by atoms with Crippen LogP contribution in [0.5, 0.6) is 5.75 Å². The molecule has 2 N–H and O–H groups in total. The number of anilines is 1. The second kappa shape index (κ2) is 10.6. The number of hydrogen-bond acceptors (Lipinski definition) is 4. The third-order valence-electron chi connectivity index (χ3n) is 7.08. The first kappa shape index (κ1) is 23.7. The molecule has 1 aliphatic heterocycles. The van der Waals surface area contributed by atoms with Crippen LogP contribution in [0.25, 0.3) is 0 Å². The maximum atomic E-state index is 11.7. The molecule has 1 heterocycles. The van der Waals surface area contributed by atoms with Gasteiger partial charge in [0.1, 0.15) is 12.4 Å². The van der Waals surface area contributed by atoms with Gasteiger partial charge in [0.25, 0.3) is 0 Å². The Morgan fingerprint density at radius 2 is 2.03 bits per heavy atom. The molecule has 0 radical (unpaired) electrons. The van der Waals surface area contributed by atoms with E-state index in [1.807, 2.05) is 18.2 Å². The zero-order valence-corrected chi connectivity index (χ0v) is 19.6. The first-order valence-corrected chi connectivity index (χ1v) is 12.2. The topological polar surface area (TPSA) is 70.0 Å². The van der Waals surface area contributed by atoms with Crippen LogP contribution in [0, 0.1) is 11.8 Å². The lowest BCUT2D eigenvalue weighted by atomic mass is 9.70. The average molecular weight is 470 g/mol. The van der Waals surface area contributed by atoms with Gasteiger partial charge >= 0.3 is 5.97 Å². The van der Waals surface area contributed by atoms with Crippen LogP contribution >= 0.6 is 11.6 Å². The Kier molecular flexibility index (Phi) is 7.61. The number of aryl methyl sites for hydroxylation is 1. The zero-order chi connectivity index (χ0) is 23.4. The van der Waals surface area contributed by atoms with E-state index in [1.54, 1.807) is 24.3 Å². The van der Waals surface area contributed by atoms with Gasteiger partial charge in [-0.25, -0.2) is 4.79 Å². The molecular weight excluding hydrogens is 438 g/mol. The van der Waals surface area contributed by atoms with Gasteiger partial charge in [-0.2, -0.15) is 0 Å². The van der Waals surface area contributed by atoms with E-state index in [1.165, 1.54) is 5.56 Å². The summed E-state index contributed by atoms with van der Waals surface area (Å²) in [5.41, 5.74) is 3.37. The van der Waals surface area contributed by atoms with Crippen LogP contribution in [0.4, 0.5) is 5.69 Å². The fourth-order valence-corrected chi connectivity index (χ4v) is 5.17. The van der Waals surface area contributed by atoms with Gasteiger partial charge in [0, 0.05) is 18.1 Å². The maximum absolute atomic E-state index is 11.7. The highest BCUT2D eigenvalue weighted by Gasteiger charge is 2.36. The van der Waals surface area contributed by atoms with Gasteiger partial charge in [-0.3, -0.25) is 0 Å².